The van der Waals surface area contributed by atoms with Crippen LogP contribution in [0.1, 0.15) is 24.0 Å². The molecule has 1 heterocycles. The molecule has 21 heavy (non-hydrogen) atoms. The maximum atomic E-state index is 11.7. The maximum absolute atomic E-state index is 11.7. The third-order valence-corrected chi connectivity index (χ3v) is 3.21. The number of carbonyl (C=O) groups excluding carboxylic acids is 2. The van der Waals surface area contributed by atoms with Gasteiger partial charge in [0.1, 0.15) is 5.75 Å². The zero-order valence-electron chi connectivity index (χ0n) is 11.5. The molecule has 2 rings (SSSR count). The molecule has 6 nitrogen and oxygen atoms in total. The van der Waals surface area contributed by atoms with Gasteiger partial charge in [0.05, 0.1) is 13.7 Å². The minimum absolute atomic E-state index is 0.135. The van der Waals surface area contributed by atoms with E-state index in [9.17, 15) is 14.4 Å². The van der Waals surface area contributed by atoms with Crippen molar-refractivity contribution in [3.8, 4) is 5.75 Å². The fourth-order valence-electron chi connectivity index (χ4n) is 2.16. The van der Waals surface area contributed by atoms with Crippen LogP contribution >= 0.6 is 0 Å². The largest absolute Gasteiger partial charge is 0.496 e. The molecular weight excluding hydrogens is 274 g/mol. The lowest BCUT2D eigenvalue weighted by Gasteiger charge is -2.16. The molecule has 0 atom stereocenters. The molecule has 6 heteroatoms. The van der Waals surface area contributed by atoms with E-state index < -0.39 is 5.97 Å². The molecule has 0 radical (unpaired) electrons. The molecule has 0 saturated carbocycles. The summed E-state index contributed by atoms with van der Waals surface area (Å²) in [5.41, 5.74) is 1.32. The average molecular weight is 289 g/mol. The van der Waals surface area contributed by atoms with Crippen LogP contribution in [0.4, 0.5) is 0 Å². The third kappa shape index (κ3) is 3.47. The first kappa shape index (κ1) is 14.8. The van der Waals surface area contributed by atoms with Gasteiger partial charge in [0, 0.05) is 24.5 Å². The highest BCUT2D eigenvalue weighted by Crippen LogP contribution is 2.24. The van der Waals surface area contributed by atoms with Crippen LogP contribution in [0.5, 0.6) is 5.75 Å². The number of methoxy groups -OCH3 is 1. The first-order valence-corrected chi connectivity index (χ1v) is 6.42. The fourth-order valence-corrected chi connectivity index (χ4v) is 2.16. The number of carboxylic acids is 1. The van der Waals surface area contributed by atoms with Gasteiger partial charge in [0.15, 0.2) is 0 Å². The molecule has 110 valence electrons. The van der Waals surface area contributed by atoms with Gasteiger partial charge in [0.25, 0.3) is 0 Å². The molecule has 1 fully saturated rings. The van der Waals surface area contributed by atoms with E-state index in [0.29, 0.717) is 16.9 Å². The zero-order valence-corrected chi connectivity index (χ0v) is 11.5. The number of amides is 2. The highest BCUT2D eigenvalue weighted by atomic mass is 16.5. The topological polar surface area (TPSA) is 83.9 Å². The molecule has 0 aromatic heterocycles. The van der Waals surface area contributed by atoms with E-state index in [1.165, 1.54) is 18.1 Å². The van der Waals surface area contributed by atoms with Crippen LogP contribution in [0.25, 0.3) is 6.08 Å². The van der Waals surface area contributed by atoms with Crippen molar-refractivity contribution in [3.05, 3.63) is 35.4 Å². The minimum atomic E-state index is -1.04. The van der Waals surface area contributed by atoms with Gasteiger partial charge in [-0.3, -0.25) is 14.5 Å². The van der Waals surface area contributed by atoms with Crippen molar-refractivity contribution in [2.75, 3.05) is 7.11 Å². The predicted octanol–water partition coefficient (Wildman–Crippen LogP) is 1.44. The Kier molecular flexibility index (Phi) is 4.37. The lowest BCUT2D eigenvalue weighted by atomic mass is 10.1. The number of nitrogens with zero attached hydrogens (tertiary/aromatic N) is 1. The van der Waals surface area contributed by atoms with Gasteiger partial charge in [-0.25, -0.2) is 4.79 Å². The van der Waals surface area contributed by atoms with Gasteiger partial charge < -0.3 is 9.84 Å². The Balaban J connectivity index is 2.27. The Morgan fingerprint density at radius 2 is 2.00 bits per heavy atom. The summed E-state index contributed by atoms with van der Waals surface area (Å²) in [4.78, 5) is 35.1. The Labute approximate surface area is 121 Å². The Morgan fingerprint density at radius 1 is 1.33 bits per heavy atom. The number of rotatable bonds is 5. The quantitative estimate of drug-likeness (QED) is 0.655. The van der Waals surface area contributed by atoms with E-state index in [-0.39, 0.29) is 31.2 Å². The summed E-state index contributed by atoms with van der Waals surface area (Å²) < 4.78 is 5.22. The summed E-state index contributed by atoms with van der Waals surface area (Å²) in [5, 5.41) is 8.64. The smallest absolute Gasteiger partial charge is 0.328 e. The highest BCUT2D eigenvalue weighted by Gasteiger charge is 2.29. The van der Waals surface area contributed by atoms with Crippen molar-refractivity contribution < 1.29 is 24.2 Å². The van der Waals surface area contributed by atoms with E-state index in [1.54, 1.807) is 18.2 Å². The SMILES string of the molecule is COc1ccc(C=CC(=O)O)cc1CN1C(=O)CCC1=O. The number of benzene rings is 1. The normalized spacial score (nSPS) is 15.0. The van der Waals surface area contributed by atoms with Gasteiger partial charge in [0.2, 0.25) is 11.8 Å². The predicted molar refractivity (Wildman–Crippen MR) is 74.5 cm³/mol. The van der Waals surface area contributed by atoms with Gasteiger partial charge in [-0.15, -0.1) is 0 Å². The monoisotopic (exact) mass is 289 g/mol. The molecule has 2 amide bonds. The number of likely N-dealkylation sites (tertiary alicyclic amines) is 1. The second kappa shape index (κ2) is 6.21. The van der Waals surface area contributed by atoms with Crippen LogP contribution in [-0.4, -0.2) is 34.9 Å². The lowest BCUT2D eigenvalue weighted by Crippen LogP contribution is -2.28. The van der Waals surface area contributed by atoms with Crippen molar-refractivity contribution in [3.63, 3.8) is 0 Å². The van der Waals surface area contributed by atoms with Crippen LogP contribution in [0.2, 0.25) is 0 Å². The van der Waals surface area contributed by atoms with E-state index in [4.69, 9.17) is 9.84 Å². The van der Waals surface area contributed by atoms with Crippen LogP contribution in [-0.2, 0) is 20.9 Å². The Bertz CT molecular complexity index is 604. The van der Waals surface area contributed by atoms with Crippen molar-refractivity contribution in [2.45, 2.75) is 19.4 Å². The first-order chi connectivity index (χ1) is 10.0. The molecule has 1 aromatic rings. The number of carbonyl (C=O) groups is 3. The third-order valence-electron chi connectivity index (χ3n) is 3.21. The van der Waals surface area contributed by atoms with Crippen LogP contribution < -0.4 is 4.74 Å². The van der Waals surface area contributed by atoms with E-state index >= 15 is 0 Å². The number of carboxylic acid groups (broad SMARTS) is 1. The van der Waals surface area contributed by atoms with Crippen LogP contribution in [0, 0.1) is 0 Å². The summed E-state index contributed by atoms with van der Waals surface area (Å²) >= 11 is 0. The number of ether oxygens (including phenoxy) is 1. The summed E-state index contributed by atoms with van der Waals surface area (Å²) in [6, 6.07) is 5.09. The summed E-state index contributed by atoms with van der Waals surface area (Å²) in [5.74, 6) is -0.894. The van der Waals surface area contributed by atoms with Crippen molar-refractivity contribution in [1.29, 1.82) is 0 Å². The van der Waals surface area contributed by atoms with E-state index in [0.717, 1.165) is 6.08 Å². The van der Waals surface area contributed by atoms with E-state index in [1.807, 2.05) is 0 Å². The molecule has 0 bridgehead atoms. The number of hydrogen-bond donors (Lipinski definition) is 1. The molecule has 0 unspecified atom stereocenters. The Morgan fingerprint density at radius 3 is 2.57 bits per heavy atom. The fraction of sp³-hybridized carbons (Fsp3) is 0.267. The molecule has 0 aliphatic carbocycles. The highest BCUT2D eigenvalue weighted by molar-refractivity contribution is 6.01. The second-order valence-corrected chi connectivity index (χ2v) is 4.62. The van der Waals surface area contributed by atoms with Crippen molar-refractivity contribution >= 4 is 23.9 Å². The molecular formula is C15H15NO5. The second-order valence-electron chi connectivity index (χ2n) is 4.62. The van der Waals surface area contributed by atoms with E-state index in [2.05, 4.69) is 0 Å². The standard InChI is InChI=1S/C15H15NO5/c1-21-12-4-2-10(3-7-15(19)20)8-11(12)9-16-13(17)5-6-14(16)18/h2-4,7-8H,5-6,9H2,1H3,(H,19,20). The number of hydrogen-bond acceptors (Lipinski definition) is 4. The molecule has 1 aromatic carbocycles. The molecule has 0 spiro atoms. The minimum Gasteiger partial charge on any atom is -0.496 e. The summed E-state index contributed by atoms with van der Waals surface area (Å²) in [6.07, 6.45) is 2.94. The zero-order chi connectivity index (χ0) is 15.4. The van der Waals surface area contributed by atoms with Gasteiger partial charge in [-0.1, -0.05) is 6.07 Å². The molecule has 1 saturated heterocycles. The molecule has 1 aliphatic heterocycles. The average Bonchev–Trinajstić information content (AvgIpc) is 2.77. The maximum Gasteiger partial charge on any atom is 0.328 e. The van der Waals surface area contributed by atoms with Crippen LogP contribution in [0.3, 0.4) is 0 Å². The van der Waals surface area contributed by atoms with Gasteiger partial charge in [-0.2, -0.15) is 0 Å². The first-order valence-electron chi connectivity index (χ1n) is 6.42. The van der Waals surface area contributed by atoms with Crippen LogP contribution in [0.15, 0.2) is 24.3 Å². The molecule has 1 aliphatic rings. The van der Waals surface area contributed by atoms with Crippen molar-refractivity contribution in [2.24, 2.45) is 0 Å². The lowest BCUT2D eigenvalue weighted by molar-refractivity contribution is -0.139. The number of imide groups is 1. The molecule has 1 N–H and O–H groups in total. The summed E-state index contributed by atoms with van der Waals surface area (Å²) in [7, 11) is 1.50. The van der Waals surface area contributed by atoms with Gasteiger partial charge >= 0.3 is 5.97 Å². The number of aliphatic carboxylic acids is 1. The van der Waals surface area contributed by atoms with Gasteiger partial charge in [-0.05, 0) is 23.8 Å². The summed E-state index contributed by atoms with van der Waals surface area (Å²) in [6.45, 7) is 0.135. The Hall–Kier alpha value is -2.63. The van der Waals surface area contributed by atoms with Crippen molar-refractivity contribution in [1.82, 2.24) is 4.90 Å².